The van der Waals surface area contributed by atoms with E-state index in [4.69, 9.17) is 4.42 Å². The predicted molar refractivity (Wildman–Crippen MR) is 125 cm³/mol. The molecule has 1 aromatic heterocycles. The van der Waals surface area contributed by atoms with Crippen LogP contribution in [0.3, 0.4) is 0 Å². The van der Waals surface area contributed by atoms with Crippen molar-refractivity contribution in [3.63, 3.8) is 0 Å². The second-order valence-corrected chi connectivity index (χ2v) is 10.6. The number of hydrogen-bond donors (Lipinski definition) is 1. The maximum Gasteiger partial charge on any atom is 0.293 e. The van der Waals surface area contributed by atoms with Crippen LogP contribution in [0.4, 0.5) is 11.4 Å². The van der Waals surface area contributed by atoms with Crippen molar-refractivity contribution in [1.29, 1.82) is 0 Å². The van der Waals surface area contributed by atoms with Gasteiger partial charge in [0, 0.05) is 51.3 Å². The number of piperidine rings is 1. The lowest BCUT2D eigenvalue weighted by molar-refractivity contribution is -0.384. The summed E-state index contributed by atoms with van der Waals surface area (Å²) in [5.74, 6) is 0.411. The second-order valence-electron chi connectivity index (χ2n) is 8.67. The van der Waals surface area contributed by atoms with Gasteiger partial charge in [-0.2, -0.15) is 4.31 Å². The minimum atomic E-state index is -3.81. The first-order valence-electron chi connectivity index (χ1n) is 11.3. The van der Waals surface area contributed by atoms with Crippen molar-refractivity contribution < 1.29 is 22.6 Å². The summed E-state index contributed by atoms with van der Waals surface area (Å²) < 4.78 is 32.7. The van der Waals surface area contributed by atoms with Gasteiger partial charge >= 0.3 is 0 Å². The quantitative estimate of drug-likeness (QED) is 0.457. The summed E-state index contributed by atoms with van der Waals surface area (Å²) in [5.41, 5.74) is 0.132. The number of nitro benzene ring substituents is 1. The lowest BCUT2D eigenvalue weighted by Crippen LogP contribution is -2.47. The monoisotopic (exact) mass is 491 g/mol. The molecule has 0 atom stereocenters. The molecule has 1 aromatic carbocycles. The van der Waals surface area contributed by atoms with Gasteiger partial charge in [0.15, 0.2) is 0 Å². The fourth-order valence-electron chi connectivity index (χ4n) is 4.37. The number of rotatable bonds is 7. The largest absolute Gasteiger partial charge is 0.467 e. The Balaban J connectivity index is 1.43. The van der Waals surface area contributed by atoms with Crippen LogP contribution in [0.1, 0.15) is 18.6 Å². The molecule has 11 nitrogen and oxygen atoms in total. The van der Waals surface area contributed by atoms with Gasteiger partial charge in [0.2, 0.25) is 15.9 Å². The summed E-state index contributed by atoms with van der Waals surface area (Å²) in [6, 6.07) is 7.66. The number of piperazine rings is 1. The number of carbonyl (C=O) groups is 1. The number of likely N-dealkylation sites (N-methyl/N-ethyl adjacent to an activating group) is 1. The zero-order valence-electron chi connectivity index (χ0n) is 19.1. The molecular weight excluding hydrogens is 462 g/mol. The van der Waals surface area contributed by atoms with Crippen molar-refractivity contribution >= 4 is 27.3 Å². The Morgan fingerprint density at radius 3 is 2.47 bits per heavy atom. The molecule has 3 heterocycles. The number of nitrogens with one attached hydrogen (secondary N) is 1. The molecule has 12 heteroatoms. The fraction of sp³-hybridized carbons (Fsp3) is 0.500. The average Bonchev–Trinajstić information content (AvgIpc) is 3.36. The minimum Gasteiger partial charge on any atom is -0.467 e. The molecular formula is C22H29N5O6S. The SMILES string of the molecule is CN1CCN(S(=O)(=O)c2ccc(N3CCC(C(=O)NCc4ccco4)CC3)c([N+](=O)[O-])c2)CC1. The number of hydrogen-bond acceptors (Lipinski definition) is 8. The number of furan rings is 1. The number of nitrogens with zero attached hydrogens (tertiary/aromatic N) is 4. The Kier molecular flexibility index (Phi) is 7.19. The smallest absolute Gasteiger partial charge is 0.293 e. The van der Waals surface area contributed by atoms with Gasteiger partial charge in [0.1, 0.15) is 11.4 Å². The van der Waals surface area contributed by atoms with Crippen molar-refractivity contribution in [2.45, 2.75) is 24.3 Å². The van der Waals surface area contributed by atoms with E-state index in [1.807, 2.05) is 16.8 Å². The van der Waals surface area contributed by atoms with Gasteiger partial charge < -0.3 is 19.5 Å². The first-order valence-corrected chi connectivity index (χ1v) is 12.7. The molecule has 0 spiro atoms. The Morgan fingerprint density at radius 1 is 1.15 bits per heavy atom. The van der Waals surface area contributed by atoms with Crippen molar-refractivity contribution in [3.8, 4) is 0 Å². The molecule has 184 valence electrons. The van der Waals surface area contributed by atoms with E-state index in [-0.39, 0.29) is 22.4 Å². The molecule has 2 aliphatic rings. The van der Waals surface area contributed by atoms with E-state index < -0.39 is 14.9 Å². The predicted octanol–water partition coefficient (Wildman–Crippen LogP) is 1.66. The fourth-order valence-corrected chi connectivity index (χ4v) is 5.81. The molecule has 34 heavy (non-hydrogen) atoms. The van der Waals surface area contributed by atoms with Crippen molar-refractivity contribution in [3.05, 3.63) is 52.5 Å². The van der Waals surface area contributed by atoms with E-state index in [1.54, 1.807) is 18.4 Å². The van der Waals surface area contributed by atoms with Crippen LogP contribution in [0.2, 0.25) is 0 Å². The Morgan fingerprint density at radius 2 is 1.85 bits per heavy atom. The van der Waals surface area contributed by atoms with Gasteiger partial charge in [-0.05, 0) is 44.2 Å². The first kappa shape index (κ1) is 24.2. The van der Waals surface area contributed by atoms with Crippen molar-refractivity contribution in [2.75, 3.05) is 51.2 Å². The lowest BCUT2D eigenvalue weighted by atomic mass is 9.95. The normalized spacial score (nSPS) is 18.7. The van der Waals surface area contributed by atoms with E-state index in [1.165, 1.54) is 16.4 Å². The molecule has 1 N–H and O–H groups in total. The van der Waals surface area contributed by atoms with Gasteiger partial charge in [-0.15, -0.1) is 0 Å². The molecule has 2 aliphatic heterocycles. The number of sulfonamides is 1. The minimum absolute atomic E-state index is 0.0697. The summed E-state index contributed by atoms with van der Waals surface area (Å²) in [6.45, 7) is 3.18. The van der Waals surface area contributed by atoms with E-state index in [0.717, 1.165) is 6.07 Å². The first-order chi connectivity index (χ1) is 16.3. The Bertz CT molecular complexity index is 1120. The summed E-state index contributed by atoms with van der Waals surface area (Å²) in [6.07, 6.45) is 2.64. The highest BCUT2D eigenvalue weighted by Gasteiger charge is 2.32. The molecule has 0 saturated carbocycles. The van der Waals surface area contributed by atoms with Crippen LogP contribution in [0, 0.1) is 16.0 Å². The third-order valence-electron chi connectivity index (χ3n) is 6.47. The topological polar surface area (TPSA) is 129 Å². The molecule has 2 fully saturated rings. The van der Waals surface area contributed by atoms with Gasteiger partial charge in [-0.25, -0.2) is 8.42 Å². The summed E-state index contributed by atoms with van der Waals surface area (Å²) in [5, 5.41) is 14.7. The van der Waals surface area contributed by atoms with Crippen LogP contribution in [0.15, 0.2) is 45.9 Å². The van der Waals surface area contributed by atoms with Crippen molar-refractivity contribution in [1.82, 2.24) is 14.5 Å². The van der Waals surface area contributed by atoms with E-state index in [0.29, 0.717) is 70.1 Å². The number of carbonyl (C=O) groups excluding carboxylic acids is 1. The van der Waals surface area contributed by atoms with Gasteiger partial charge in [-0.3, -0.25) is 14.9 Å². The van der Waals surface area contributed by atoms with Crippen LogP contribution in [0.25, 0.3) is 0 Å². The highest BCUT2D eigenvalue weighted by Crippen LogP contribution is 2.34. The lowest BCUT2D eigenvalue weighted by Gasteiger charge is -2.33. The van der Waals surface area contributed by atoms with Crippen molar-refractivity contribution in [2.24, 2.45) is 5.92 Å². The molecule has 4 rings (SSSR count). The molecule has 0 radical (unpaired) electrons. The second kappa shape index (κ2) is 10.1. The maximum atomic E-state index is 13.0. The standard InChI is InChI=1S/C22H29N5O6S/c1-24-10-12-26(13-11-24)34(31,32)19-4-5-20(21(15-19)27(29)30)25-8-6-17(7-9-25)22(28)23-16-18-3-2-14-33-18/h2-5,14-15,17H,6-13,16H2,1H3,(H,23,28). The third-order valence-corrected chi connectivity index (χ3v) is 8.36. The van der Waals surface area contributed by atoms with Crippen LogP contribution >= 0.6 is 0 Å². The number of benzene rings is 1. The highest BCUT2D eigenvalue weighted by molar-refractivity contribution is 7.89. The zero-order chi connectivity index (χ0) is 24.3. The van der Waals surface area contributed by atoms with Gasteiger partial charge in [0.05, 0.1) is 22.6 Å². The molecule has 1 amide bonds. The Hall–Kier alpha value is -2.96. The Labute approximate surface area is 198 Å². The summed E-state index contributed by atoms with van der Waals surface area (Å²) >= 11 is 0. The van der Waals surface area contributed by atoms with Gasteiger partial charge in [0.25, 0.3) is 5.69 Å². The van der Waals surface area contributed by atoms with Crippen LogP contribution in [-0.4, -0.2) is 74.8 Å². The number of amides is 1. The summed E-state index contributed by atoms with van der Waals surface area (Å²) in [7, 11) is -1.88. The van der Waals surface area contributed by atoms with Crippen LogP contribution in [0.5, 0.6) is 0 Å². The molecule has 0 bridgehead atoms. The number of nitro groups is 1. The van der Waals surface area contributed by atoms with E-state index in [9.17, 15) is 23.3 Å². The van der Waals surface area contributed by atoms with Crippen LogP contribution in [-0.2, 0) is 21.4 Å². The van der Waals surface area contributed by atoms with E-state index in [2.05, 4.69) is 5.32 Å². The van der Waals surface area contributed by atoms with Crippen LogP contribution < -0.4 is 10.2 Å². The zero-order valence-corrected chi connectivity index (χ0v) is 19.9. The molecule has 0 unspecified atom stereocenters. The maximum absolute atomic E-state index is 13.0. The third kappa shape index (κ3) is 5.24. The van der Waals surface area contributed by atoms with Gasteiger partial charge in [-0.1, -0.05) is 0 Å². The van der Waals surface area contributed by atoms with E-state index >= 15 is 0 Å². The highest BCUT2D eigenvalue weighted by atomic mass is 32.2. The average molecular weight is 492 g/mol. The number of anilines is 1. The summed E-state index contributed by atoms with van der Waals surface area (Å²) in [4.78, 5) is 27.6. The molecule has 2 aromatic rings. The molecule has 0 aliphatic carbocycles. The molecule has 2 saturated heterocycles.